The lowest BCUT2D eigenvalue weighted by atomic mass is 10.0. The molecule has 2 saturated heterocycles. The minimum absolute atomic E-state index is 0.155. The van der Waals surface area contributed by atoms with E-state index in [0.29, 0.717) is 23.9 Å². The molecule has 2 atom stereocenters. The van der Waals surface area contributed by atoms with Gasteiger partial charge < -0.3 is 14.7 Å². The standard InChI is InChI=1S/C13H20N4O2/c1-9-4-16(13-12(18)3-14-8-15-13)5-10(2)17(9)11-6-19-7-11/h3,8-11,18H,4-7H2,1-2H3. The molecule has 2 fully saturated rings. The molecule has 104 valence electrons. The van der Waals surface area contributed by atoms with Crippen molar-refractivity contribution in [1.29, 1.82) is 0 Å². The molecular formula is C13H20N4O2. The van der Waals surface area contributed by atoms with Crippen LogP contribution in [0.4, 0.5) is 5.82 Å². The third-order valence-corrected chi connectivity index (χ3v) is 4.00. The lowest BCUT2D eigenvalue weighted by Gasteiger charge is -2.50. The molecule has 2 unspecified atom stereocenters. The highest BCUT2D eigenvalue weighted by Gasteiger charge is 2.38. The molecule has 0 bridgehead atoms. The van der Waals surface area contributed by atoms with Gasteiger partial charge in [0.25, 0.3) is 0 Å². The number of nitrogens with zero attached hydrogens (tertiary/aromatic N) is 4. The first-order valence-corrected chi connectivity index (χ1v) is 6.76. The van der Waals surface area contributed by atoms with Crippen LogP contribution in [-0.2, 0) is 4.74 Å². The van der Waals surface area contributed by atoms with E-state index in [9.17, 15) is 5.11 Å². The third kappa shape index (κ3) is 2.26. The van der Waals surface area contributed by atoms with Crippen molar-refractivity contribution in [3.05, 3.63) is 12.5 Å². The monoisotopic (exact) mass is 264 g/mol. The van der Waals surface area contributed by atoms with Crippen LogP contribution in [0.2, 0.25) is 0 Å². The van der Waals surface area contributed by atoms with Crippen molar-refractivity contribution >= 4 is 5.82 Å². The van der Waals surface area contributed by atoms with Gasteiger partial charge in [-0.2, -0.15) is 0 Å². The van der Waals surface area contributed by atoms with Crippen LogP contribution >= 0.6 is 0 Å². The molecule has 1 N–H and O–H groups in total. The Hall–Kier alpha value is -1.40. The van der Waals surface area contributed by atoms with E-state index >= 15 is 0 Å². The highest BCUT2D eigenvalue weighted by atomic mass is 16.5. The van der Waals surface area contributed by atoms with Gasteiger partial charge in [0.1, 0.15) is 6.33 Å². The summed E-state index contributed by atoms with van der Waals surface area (Å²) in [4.78, 5) is 12.7. The number of aromatic nitrogens is 2. The smallest absolute Gasteiger partial charge is 0.177 e. The van der Waals surface area contributed by atoms with Gasteiger partial charge >= 0.3 is 0 Å². The van der Waals surface area contributed by atoms with E-state index in [1.54, 1.807) is 0 Å². The Morgan fingerprint density at radius 1 is 1.26 bits per heavy atom. The van der Waals surface area contributed by atoms with Gasteiger partial charge in [0.15, 0.2) is 11.6 Å². The molecule has 0 saturated carbocycles. The SMILES string of the molecule is CC1CN(c2ncncc2O)CC(C)N1C1COC1. The van der Waals surface area contributed by atoms with Crippen LogP contribution in [0.25, 0.3) is 0 Å². The highest BCUT2D eigenvalue weighted by molar-refractivity contribution is 5.50. The second kappa shape index (κ2) is 4.94. The van der Waals surface area contributed by atoms with Crippen LogP contribution in [0.5, 0.6) is 5.75 Å². The maximum absolute atomic E-state index is 9.87. The van der Waals surface area contributed by atoms with Gasteiger partial charge in [-0.3, -0.25) is 4.90 Å². The fourth-order valence-electron chi connectivity index (χ4n) is 3.18. The molecule has 0 aromatic carbocycles. The minimum atomic E-state index is 0.155. The summed E-state index contributed by atoms with van der Waals surface area (Å²) in [5.41, 5.74) is 0. The predicted molar refractivity (Wildman–Crippen MR) is 71.3 cm³/mol. The minimum Gasteiger partial charge on any atom is -0.503 e. The Balaban J connectivity index is 1.76. The van der Waals surface area contributed by atoms with E-state index in [1.807, 2.05) is 0 Å². The summed E-state index contributed by atoms with van der Waals surface area (Å²) in [5.74, 6) is 0.792. The number of piperazine rings is 1. The molecule has 0 amide bonds. The van der Waals surface area contributed by atoms with E-state index < -0.39 is 0 Å². The zero-order valence-electron chi connectivity index (χ0n) is 11.4. The number of rotatable bonds is 2. The summed E-state index contributed by atoms with van der Waals surface area (Å²) in [7, 11) is 0. The van der Waals surface area contributed by atoms with Crippen LogP contribution in [0.3, 0.4) is 0 Å². The molecule has 1 aromatic heterocycles. The molecular weight excluding hydrogens is 244 g/mol. The number of anilines is 1. The normalized spacial score (nSPS) is 29.3. The lowest BCUT2D eigenvalue weighted by molar-refractivity contribution is -0.0941. The molecule has 19 heavy (non-hydrogen) atoms. The molecule has 3 heterocycles. The van der Waals surface area contributed by atoms with Gasteiger partial charge in [0.2, 0.25) is 0 Å². The maximum atomic E-state index is 9.87. The number of hydrogen-bond acceptors (Lipinski definition) is 6. The average Bonchev–Trinajstić information content (AvgIpc) is 2.31. The first-order chi connectivity index (χ1) is 9.16. The maximum Gasteiger partial charge on any atom is 0.177 e. The van der Waals surface area contributed by atoms with Crippen molar-refractivity contribution in [3.8, 4) is 5.75 Å². The van der Waals surface area contributed by atoms with Gasteiger partial charge in [-0.05, 0) is 13.8 Å². The fraction of sp³-hybridized carbons (Fsp3) is 0.692. The van der Waals surface area contributed by atoms with Gasteiger partial charge in [-0.15, -0.1) is 0 Å². The van der Waals surface area contributed by atoms with Crippen LogP contribution in [0.15, 0.2) is 12.5 Å². The Labute approximate surface area is 113 Å². The molecule has 2 aliphatic heterocycles. The summed E-state index contributed by atoms with van der Waals surface area (Å²) >= 11 is 0. The molecule has 6 heteroatoms. The highest BCUT2D eigenvalue weighted by Crippen LogP contribution is 2.29. The van der Waals surface area contributed by atoms with Gasteiger partial charge in [0.05, 0.1) is 25.5 Å². The number of hydrogen-bond donors (Lipinski definition) is 1. The molecule has 2 aliphatic rings. The van der Waals surface area contributed by atoms with E-state index in [1.165, 1.54) is 12.5 Å². The summed E-state index contributed by atoms with van der Waals surface area (Å²) in [6.07, 6.45) is 2.93. The van der Waals surface area contributed by atoms with Crippen molar-refractivity contribution in [2.45, 2.75) is 32.0 Å². The molecule has 0 radical (unpaired) electrons. The summed E-state index contributed by atoms with van der Waals surface area (Å²) < 4.78 is 5.30. The van der Waals surface area contributed by atoms with Crippen molar-refractivity contribution in [3.63, 3.8) is 0 Å². The van der Waals surface area contributed by atoms with Gasteiger partial charge in [-0.1, -0.05) is 0 Å². The van der Waals surface area contributed by atoms with Crippen molar-refractivity contribution in [2.75, 3.05) is 31.2 Å². The predicted octanol–water partition coefficient (Wildman–Crippen LogP) is 0.480. The van der Waals surface area contributed by atoms with Gasteiger partial charge in [0, 0.05) is 25.2 Å². The van der Waals surface area contributed by atoms with Crippen molar-refractivity contribution in [2.24, 2.45) is 0 Å². The molecule has 0 aliphatic carbocycles. The second-order valence-electron chi connectivity index (χ2n) is 5.47. The van der Waals surface area contributed by atoms with Crippen LogP contribution in [-0.4, -0.2) is 64.4 Å². The first-order valence-electron chi connectivity index (χ1n) is 6.76. The Kier molecular flexibility index (Phi) is 3.28. The van der Waals surface area contributed by atoms with E-state index in [-0.39, 0.29) is 5.75 Å². The Morgan fingerprint density at radius 2 is 1.95 bits per heavy atom. The number of ether oxygens (including phenoxy) is 1. The molecule has 0 spiro atoms. The zero-order chi connectivity index (χ0) is 13.4. The van der Waals surface area contributed by atoms with Crippen LogP contribution in [0.1, 0.15) is 13.8 Å². The van der Waals surface area contributed by atoms with Crippen LogP contribution < -0.4 is 4.90 Å². The average molecular weight is 264 g/mol. The number of aromatic hydroxyl groups is 1. The molecule has 6 nitrogen and oxygen atoms in total. The van der Waals surface area contributed by atoms with Crippen molar-refractivity contribution < 1.29 is 9.84 Å². The van der Waals surface area contributed by atoms with Crippen LogP contribution in [0, 0.1) is 0 Å². The third-order valence-electron chi connectivity index (χ3n) is 4.00. The summed E-state index contributed by atoms with van der Waals surface area (Å²) in [6.45, 7) is 7.86. The lowest BCUT2D eigenvalue weighted by Crippen LogP contribution is -2.64. The molecule has 3 rings (SSSR count). The summed E-state index contributed by atoms with van der Waals surface area (Å²) in [5, 5.41) is 9.87. The fourth-order valence-corrected chi connectivity index (χ4v) is 3.18. The summed E-state index contributed by atoms with van der Waals surface area (Å²) in [6, 6.07) is 1.39. The second-order valence-corrected chi connectivity index (χ2v) is 5.47. The largest absolute Gasteiger partial charge is 0.503 e. The zero-order valence-corrected chi connectivity index (χ0v) is 11.4. The van der Waals surface area contributed by atoms with E-state index in [2.05, 4.69) is 33.6 Å². The van der Waals surface area contributed by atoms with E-state index in [4.69, 9.17) is 4.74 Å². The molecule has 1 aromatic rings. The topological polar surface area (TPSA) is 61.7 Å². The first kappa shape index (κ1) is 12.6. The quantitative estimate of drug-likeness (QED) is 0.838. The Bertz CT molecular complexity index is 440. The van der Waals surface area contributed by atoms with Gasteiger partial charge in [-0.25, -0.2) is 9.97 Å². The Morgan fingerprint density at radius 3 is 2.47 bits per heavy atom. The van der Waals surface area contributed by atoms with E-state index in [0.717, 1.165) is 26.3 Å². The van der Waals surface area contributed by atoms with Crippen molar-refractivity contribution in [1.82, 2.24) is 14.9 Å².